The van der Waals surface area contributed by atoms with Crippen molar-refractivity contribution in [3.05, 3.63) is 105 Å². The standard InChI is InChI=1S/C27H29N5O3/c1-3-31(17-23(33)29-18(2)21-15-9-13-20-12-7-8-14-22(20)21)24-25(28)32(27(35)30-26(24)34)16-19-10-5-4-6-11-19/h4-15,18H,3,16-17,28H2,1-2H3,(H,29,33)(H,30,34,35). The van der Waals surface area contributed by atoms with Gasteiger partial charge in [0.05, 0.1) is 19.1 Å². The highest BCUT2D eigenvalue weighted by Crippen LogP contribution is 2.24. The first-order chi connectivity index (χ1) is 16.9. The third kappa shape index (κ3) is 5.11. The number of nitrogens with one attached hydrogen (secondary N) is 2. The van der Waals surface area contributed by atoms with E-state index >= 15 is 0 Å². The lowest BCUT2D eigenvalue weighted by atomic mass is 10.00. The molecule has 8 nitrogen and oxygen atoms in total. The van der Waals surface area contributed by atoms with E-state index in [0.717, 1.165) is 21.9 Å². The number of benzene rings is 3. The molecule has 0 spiro atoms. The van der Waals surface area contributed by atoms with Gasteiger partial charge in [0.25, 0.3) is 5.56 Å². The van der Waals surface area contributed by atoms with E-state index in [-0.39, 0.29) is 36.5 Å². The van der Waals surface area contributed by atoms with Gasteiger partial charge in [0.1, 0.15) is 11.5 Å². The zero-order valence-electron chi connectivity index (χ0n) is 19.8. The average molecular weight is 472 g/mol. The van der Waals surface area contributed by atoms with Crippen LogP contribution in [0, 0.1) is 0 Å². The molecule has 4 aromatic rings. The minimum Gasteiger partial charge on any atom is -0.383 e. The molecule has 0 aliphatic rings. The Morgan fingerprint density at radius 2 is 1.71 bits per heavy atom. The number of nitrogens with two attached hydrogens (primary N) is 1. The van der Waals surface area contributed by atoms with E-state index in [1.54, 1.807) is 4.90 Å². The summed E-state index contributed by atoms with van der Waals surface area (Å²) in [6.07, 6.45) is 0. The van der Waals surface area contributed by atoms with Gasteiger partial charge >= 0.3 is 5.69 Å². The molecule has 1 amide bonds. The van der Waals surface area contributed by atoms with Gasteiger partial charge in [-0.1, -0.05) is 72.8 Å². The summed E-state index contributed by atoms with van der Waals surface area (Å²) in [7, 11) is 0. The molecule has 0 saturated carbocycles. The lowest BCUT2D eigenvalue weighted by Crippen LogP contribution is -2.43. The fraction of sp³-hybridized carbons (Fsp3) is 0.222. The van der Waals surface area contributed by atoms with Crippen molar-refractivity contribution in [1.29, 1.82) is 0 Å². The maximum absolute atomic E-state index is 13.0. The van der Waals surface area contributed by atoms with Crippen LogP contribution in [0.1, 0.15) is 31.0 Å². The Morgan fingerprint density at radius 3 is 2.46 bits per heavy atom. The molecule has 1 unspecified atom stereocenters. The first kappa shape index (κ1) is 23.8. The number of hydrogen-bond acceptors (Lipinski definition) is 5. The molecule has 35 heavy (non-hydrogen) atoms. The van der Waals surface area contributed by atoms with Crippen molar-refractivity contribution in [2.75, 3.05) is 23.7 Å². The molecule has 1 heterocycles. The first-order valence-electron chi connectivity index (χ1n) is 11.6. The predicted molar refractivity (Wildman–Crippen MR) is 140 cm³/mol. The Morgan fingerprint density at radius 1 is 1.03 bits per heavy atom. The largest absolute Gasteiger partial charge is 0.383 e. The molecule has 0 saturated heterocycles. The summed E-state index contributed by atoms with van der Waals surface area (Å²) < 4.78 is 1.31. The molecule has 0 aliphatic carbocycles. The van der Waals surface area contributed by atoms with E-state index in [9.17, 15) is 14.4 Å². The number of nitrogens with zero attached hydrogens (tertiary/aromatic N) is 2. The molecule has 4 N–H and O–H groups in total. The number of likely N-dealkylation sites (N-methyl/N-ethyl adjacent to an activating group) is 1. The van der Waals surface area contributed by atoms with Crippen LogP contribution < -0.4 is 27.2 Å². The normalized spacial score (nSPS) is 11.8. The summed E-state index contributed by atoms with van der Waals surface area (Å²) in [4.78, 5) is 42.1. The predicted octanol–water partition coefficient (Wildman–Crippen LogP) is 3.02. The number of rotatable bonds is 8. The van der Waals surface area contributed by atoms with Crippen LogP contribution in [-0.4, -0.2) is 28.5 Å². The van der Waals surface area contributed by atoms with Crippen LogP contribution in [0.15, 0.2) is 82.4 Å². The van der Waals surface area contributed by atoms with Crippen molar-refractivity contribution in [2.24, 2.45) is 0 Å². The van der Waals surface area contributed by atoms with Crippen molar-refractivity contribution >= 4 is 28.2 Å². The summed E-state index contributed by atoms with van der Waals surface area (Å²) in [6, 6.07) is 23.1. The molecule has 180 valence electrons. The van der Waals surface area contributed by atoms with E-state index < -0.39 is 11.2 Å². The maximum Gasteiger partial charge on any atom is 0.330 e. The van der Waals surface area contributed by atoms with Crippen molar-refractivity contribution in [2.45, 2.75) is 26.4 Å². The van der Waals surface area contributed by atoms with Crippen molar-refractivity contribution in [3.8, 4) is 0 Å². The average Bonchev–Trinajstić information content (AvgIpc) is 2.86. The summed E-state index contributed by atoms with van der Waals surface area (Å²) in [6.45, 7) is 4.23. The topological polar surface area (TPSA) is 113 Å². The molecule has 3 aromatic carbocycles. The second-order valence-electron chi connectivity index (χ2n) is 8.44. The van der Waals surface area contributed by atoms with Crippen LogP contribution >= 0.6 is 0 Å². The number of carbonyl (C=O) groups excluding carboxylic acids is 1. The fourth-order valence-electron chi connectivity index (χ4n) is 4.32. The van der Waals surface area contributed by atoms with Crippen LogP contribution in [0.5, 0.6) is 0 Å². The quantitative estimate of drug-likeness (QED) is 0.366. The van der Waals surface area contributed by atoms with Crippen molar-refractivity contribution in [3.63, 3.8) is 0 Å². The molecule has 0 aliphatic heterocycles. The third-order valence-corrected chi connectivity index (χ3v) is 6.10. The number of nitrogen functional groups attached to an aromatic ring is 1. The molecule has 0 bridgehead atoms. The SMILES string of the molecule is CCN(CC(=O)NC(C)c1cccc2ccccc12)c1c(N)n(Cc2ccccc2)c(=O)[nH]c1=O. The van der Waals surface area contributed by atoms with Crippen molar-refractivity contribution in [1.82, 2.24) is 14.9 Å². The number of amides is 1. The number of H-pyrrole nitrogens is 1. The molecule has 0 fully saturated rings. The Bertz CT molecular complexity index is 1450. The summed E-state index contributed by atoms with van der Waals surface area (Å²) in [5.41, 5.74) is 7.08. The van der Waals surface area contributed by atoms with Crippen LogP contribution in [0.4, 0.5) is 11.5 Å². The van der Waals surface area contributed by atoms with Crippen LogP contribution in [-0.2, 0) is 11.3 Å². The monoisotopic (exact) mass is 471 g/mol. The summed E-state index contributed by atoms with van der Waals surface area (Å²) in [5.74, 6) is -0.230. The Balaban J connectivity index is 1.57. The molecule has 0 radical (unpaired) electrons. The number of aromatic nitrogens is 2. The highest BCUT2D eigenvalue weighted by molar-refractivity contribution is 5.87. The summed E-state index contributed by atoms with van der Waals surface area (Å²) >= 11 is 0. The minimum atomic E-state index is -0.617. The van der Waals surface area contributed by atoms with E-state index in [4.69, 9.17) is 5.73 Å². The van der Waals surface area contributed by atoms with Crippen molar-refractivity contribution < 1.29 is 4.79 Å². The van der Waals surface area contributed by atoms with E-state index in [2.05, 4.69) is 10.3 Å². The first-order valence-corrected chi connectivity index (χ1v) is 11.6. The fourth-order valence-corrected chi connectivity index (χ4v) is 4.32. The van der Waals surface area contributed by atoms with Crippen LogP contribution in [0.3, 0.4) is 0 Å². The lowest BCUT2D eigenvalue weighted by molar-refractivity contribution is -0.120. The molecule has 4 rings (SSSR count). The smallest absolute Gasteiger partial charge is 0.330 e. The lowest BCUT2D eigenvalue weighted by Gasteiger charge is -2.25. The zero-order chi connectivity index (χ0) is 24.9. The number of carbonyl (C=O) groups is 1. The number of hydrogen-bond donors (Lipinski definition) is 3. The van der Waals surface area contributed by atoms with Gasteiger partial charge in [0, 0.05) is 6.54 Å². The number of anilines is 2. The Labute approximate surface area is 203 Å². The molecule has 8 heteroatoms. The Hall–Kier alpha value is -4.33. The second kappa shape index (κ2) is 10.3. The van der Waals surface area contributed by atoms with Gasteiger partial charge in [-0.15, -0.1) is 0 Å². The number of aromatic amines is 1. The highest BCUT2D eigenvalue weighted by atomic mass is 16.2. The van der Waals surface area contributed by atoms with E-state index in [1.165, 1.54) is 4.57 Å². The third-order valence-electron chi connectivity index (χ3n) is 6.10. The van der Waals surface area contributed by atoms with Gasteiger partial charge in [-0.25, -0.2) is 4.79 Å². The van der Waals surface area contributed by atoms with Gasteiger partial charge in [-0.05, 0) is 35.7 Å². The highest BCUT2D eigenvalue weighted by Gasteiger charge is 2.21. The van der Waals surface area contributed by atoms with Gasteiger partial charge in [-0.3, -0.25) is 19.1 Å². The zero-order valence-corrected chi connectivity index (χ0v) is 19.8. The Kier molecular flexibility index (Phi) is 7.01. The molecular weight excluding hydrogens is 442 g/mol. The van der Waals surface area contributed by atoms with Gasteiger partial charge < -0.3 is 16.0 Å². The number of fused-ring (bicyclic) bond motifs is 1. The summed E-state index contributed by atoms with van der Waals surface area (Å²) in [5, 5.41) is 5.20. The maximum atomic E-state index is 13.0. The van der Waals surface area contributed by atoms with E-state index in [0.29, 0.717) is 6.54 Å². The molecular formula is C27H29N5O3. The van der Waals surface area contributed by atoms with E-state index in [1.807, 2.05) is 86.6 Å². The minimum absolute atomic E-state index is 0.0272. The van der Waals surface area contributed by atoms with Crippen LogP contribution in [0.25, 0.3) is 10.8 Å². The molecule has 1 atom stereocenters. The van der Waals surface area contributed by atoms with Crippen LogP contribution in [0.2, 0.25) is 0 Å². The van der Waals surface area contributed by atoms with Gasteiger partial charge in [-0.2, -0.15) is 0 Å². The second-order valence-corrected chi connectivity index (χ2v) is 8.44. The van der Waals surface area contributed by atoms with Gasteiger partial charge in [0.2, 0.25) is 5.91 Å². The molecule has 1 aromatic heterocycles. The van der Waals surface area contributed by atoms with Gasteiger partial charge in [0.15, 0.2) is 0 Å².